The highest BCUT2D eigenvalue weighted by Gasteiger charge is 2.06. The van der Waals surface area contributed by atoms with Gasteiger partial charge in [-0.05, 0) is 60.3 Å². The van der Waals surface area contributed by atoms with E-state index in [1.54, 1.807) is 0 Å². The summed E-state index contributed by atoms with van der Waals surface area (Å²) in [7, 11) is 0. The van der Waals surface area contributed by atoms with Gasteiger partial charge in [0.1, 0.15) is 0 Å². The fourth-order valence-electron chi connectivity index (χ4n) is 1.83. The molecule has 0 saturated heterocycles. The highest BCUT2D eigenvalue weighted by atomic mass is 127. The number of hydrogen-bond acceptors (Lipinski definition) is 2. The lowest BCUT2D eigenvalue weighted by atomic mass is 10.2. The average molecular weight is 346 g/mol. The normalized spacial score (nSPS) is 13.0. The monoisotopic (exact) mass is 346 g/mol. The van der Waals surface area contributed by atoms with E-state index in [-0.39, 0.29) is 0 Å². The van der Waals surface area contributed by atoms with Gasteiger partial charge in [0.05, 0.1) is 0 Å². The minimum atomic E-state index is 0.536. The standard InChI is InChI=1S/C14H23IN2/c1-4-17(5-2)11-12(3)16-10-13-6-8-14(15)9-7-13/h6-9,12,16H,4-5,10-11H2,1-3H3. The van der Waals surface area contributed by atoms with Crippen LogP contribution in [0.2, 0.25) is 0 Å². The van der Waals surface area contributed by atoms with Gasteiger partial charge in [0.15, 0.2) is 0 Å². The molecule has 1 atom stereocenters. The van der Waals surface area contributed by atoms with E-state index in [1.165, 1.54) is 9.13 Å². The van der Waals surface area contributed by atoms with E-state index in [9.17, 15) is 0 Å². The average Bonchev–Trinajstić information content (AvgIpc) is 2.35. The third kappa shape index (κ3) is 5.84. The Bertz CT molecular complexity index is 307. The van der Waals surface area contributed by atoms with Gasteiger partial charge in [-0.3, -0.25) is 0 Å². The predicted molar refractivity (Wildman–Crippen MR) is 83.2 cm³/mol. The Kier molecular flexibility index (Phi) is 7.08. The second-order valence-corrected chi connectivity index (χ2v) is 5.64. The molecule has 1 aromatic rings. The molecule has 0 aliphatic carbocycles. The molecule has 0 bridgehead atoms. The maximum absolute atomic E-state index is 3.57. The summed E-state index contributed by atoms with van der Waals surface area (Å²) in [5.41, 5.74) is 1.36. The summed E-state index contributed by atoms with van der Waals surface area (Å²) in [4.78, 5) is 2.45. The van der Waals surface area contributed by atoms with Gasteiger partial charge in [-0.1, -0.05) is 26.0 Å². The Hall–Kier alpha value is -0.130. The van der Waals surface area contributed by atoms with Gasteiger partial charge < -0.3 is 10.2 Å². The van der Waals surface area contributed by atoms with Crippen molar-refractivity contribution in [3.63, 3.8) is 0 Å². The van der Waals surface area contributed by atoms with Crippen LogP contribution in [0.15, 0.2) is 24.3 Å². The van der Waals surface area contributed by atoms with Crippen molar-refractivity contribution in [3.8, 4) is 0 Å². The van der Waals surface area contributed by atoms with Crippen LogP contribution < -0.4 is 5.32 Å². The molecule has 1 rings (SSSR count). The smallest absolute Gasteiger partial charge is 0.0208 e. The molecule has 0 spiro atoms. The van der Waals surface area contributed by atoms with E-state index in [2.05, 4.69) is 77.8 Å². The first kappa shape index (κ1) is 14.9. The van der Waals surface area contributed by atoms with Crippen LogP contribution in [0.4, 0.5) is 0 Å². The third-order valence-corrected chi connectivity index (χ3v) is 3.71. The summed E-state index contributed by atoms with van der Waals surface area (Å²) < 4.78 is 1.29. The molecule has 0 amide bonds. The number of nitrogens with one attached hydrogen (secondary N) is 1. The lowest BCUT2D eigenvalue weighted by molar-refractivity contribution is 0.270. The second kappa shape index (κ2) is 8.06. The molecule has 0 saturated carbocycles. The number of halogens is 1. The SMILES string of the molecule is CCN(CC)CC(C)NCc1ccc(I)cc1. The zero-order valence-corrected chi connectivity index (χ0v) is 13.2. The van der Waals surface area contributed by atoms with Crippen molar-refractivity contribution in [1.29, 1.82) is 0 Å². The van der Waals surface area contributed by atoms with Crippen LogP contribution in [-0.2, 0) is 6.54 Å². The molecule has 2 nitrogen and oxygen atoms in total. The van der Waals surface area contributed by atoms with Crippen molar-refractivity contribution in [2.24, 2.45) is 0 Å². The van der Waals surface area contributed by atoms with Crippen LogP contribution in [-0.4, -0.2) is 30.6 Å². The van der Waals surface area contributed by atoms with Gasteiger partial charge in [0, 0.05) is 22.7 Å². The highest BCUT2D eigenvalue weighted by Crippen LogP contribution is 2.06. The third-order valence-electron chi connectivity index (χ3n) is 2.99. The van der Waals surface area contributed by atoms with Gasteiger partial charge >= 0.3 is 0 Å². The minimum Gasteiger partial charge on any atom is -0.309 e. The Morgan fingerprint density at radius 2 is 1.76 bits per heavy atom. The molecular formula is C14H23IN2. The Balaban J connectivity index is 2.32. The number of benzene rings is 1. The predicted octanol–water partition coefficient (Wildman–Crippen LogP) is 3.11. The second-order valence-electron chi connectivity index (χ2n) is 4.39. The van der Waals surface area contributed by atoms with Crippen molar-refractivity contribution in [1.82, 2.24) is 10.2 Å². The van der Waals surface area contributed by atoms with E-state index >= 15 is 0 Å². The molecule has 1 unspecified atom stereocenters. The van der Waals surface area contributed by atoms with Crippen molar-refractivity contribution < 1.29 is 0 Å². The number of hydrogen-bond donors (Lipinski definition) is 1. The molecule has 0 heterocycles. The van der Waals surface area contributed by atoms with E-state index in [4.69, 9.17) is 0 Å². The summed E-state index contributed by atoms with van der Waals surface area (Å²) in [6.45, 7) is 11.0. The van der Waals surface area contributed by atoms with Crippen molar-refractivity contribution in [2.75, 3.05) is 19.6 Å². The molecule has 17 heavy (non-hydrogen) atoms. The summed E-state index contributed by atoms with van der Waals surface area (Å²) in [5, 5.41) is 3.57. The zero-order valence-electron chi connectivity index (χ0n) is 11.0. The molecule has 0 aliphatic rings. The van der Waals surface area contributed by atoms with Gasteiger partial charge in [0.2, 0.25) is 0 Å². The minimum absolute atomic E-state index is 0.536. The van der Waals surface area contributed by atoms with Gasteiger partial charge in [-0.2, -0.15) is 0 Å². The van der Waals surface area contributed by atoms with Crippen molar-refractivity contribution in [3.05, 3.63) is 33.4 Å². The summed E-state index contributed by atoms with van der Waals surface area (Å²) in [6.07, 6.45) is 0. The van der Waals surface area contributed by atoms with Crippen LogP contribution in [0.25, 0.3) is 0 Å². The van der Waals surface area contributed by atoms with E-state index in [0.29, 0.717) is 6.04 Å². The largest absolute Gasteiger partial charge is 0.309 e. The van der Waals surface area contributed by atoms with E-state index < -0.39 is 0 Å². The van der Waals surface area contributed by atoms with Crippen LogP contribution >= 0.6 is 22.6 Å². The van der Waals surface area contributed by atoms with E-state index in [0.717, 1.165) is 26.2 Å². The molecule has 0 aliphatic heterocycles. The zero-order chi connectivity index (χ0) is 12.7. The molecule has 1 aromatic carbocycles. The Morgan fingerprint density at radius 3 is 2.29 bits per heavy atom. The Morgan fingerprint density at radius 1 is 1.18 bits per heavy atom. The topological polar surface area (TPSA) is 15.3 Å². The molecule has 3 heteroatoms. The summed E-state index contributed by atoms with van der Waals surface area (Å²) in [5.74, 6) is 0. The molecular weight excluding hydrogens is 323 g/mol. The fraction of sp³-hybridized carbons (Fsp3) is 0.571. The van der Waals surface area contributed by atoms with Crippen LogP contribution in [0.5, 0.6) is 0 Å². The van der Waals surface area contributed by atoms with Gasteiger partial charge in [-0.25, -0.2) is 0 Å². The maximum atomic E-state index is 3.57. The lowest BCUT2D eigenvalue weighted by Gasteiger charge is -2.23. The first-order valence-corrected chi connectivity index (χ1v) is 7.43. The summed E-state index contributed by atoms with van der Waals surface area (Å²) >= 11 is 2.34. The first-order valence-electron chi connectivity index (χ1n) is 6.35. The maximum Gasteiger partial charge on any atom is 0.0208 e. The molecule has 0 fully saturated rings. The van der Waals surface area contributed by atoms with Gasteiger partial charge in [-0.15, -0.1) is 0 Å². The van der Waals surface area contributed by atoms with Crippen LogP contribution in [0, 0.1) is 3.57 Å². The molecule has 1 N–H and O–H groups in total. The fourth-order valence-corrected chi connectivity index (χ4v) is 2.19. The summed E-state index contributed by atoms with van der Waals surface area (Å²) in [6, 6.07) is 9.24. The van der Waals surface area contributed by atoms with Crippen molar-refractivity contribution in [2.45, 2.75) is 33.4 Å². The van der Waals surface area contributed by atoms with E-state index in [1.807, 2.05) is 0 Å². The lowest BCUT2D eigenvalue weighted by Crippen LogP contribution is -2.38. The number of rotatable bonds is 7. The molecule has 96 valence electrons. The van der Waals surface area contributed by atoms with Gasteiger partial charge in [0.25, 0.3) is 0 Å². The van der Waals surface area contributed by atoms with Crippen molar-refractivity contribution >= 4 is 22.6 Å². The molecule has 0 aromatic heterocycles. The van der Waals surface area contributed by atoms with Crippen LogP contribution in [0.1, 0.15) is 26.3 Å². The first-order chi connectivity index (χ1) is 8.15. The molecule has 0 radical (unpaired) electrons. The number of nitrogens with zero attached hydrogens (tertiary/aromatic N) is 1. The quantitative estimate of drug-likeness (QED) is 0.764. The highest BCUT2D eigenvalue weighted by molar-refractivity contribution is 14.1. The number of likely N-dealkylation sites (N-methyl/N-ethyl adjacent to an activating group) is 1. The Labute approximate surface area is 119 Å². The van der Waals surface area contributed by atoms with Crippen LogP contribution in [0.3, 0.4) is 0 Å².